The summed E-state index contributed by atoms with van der Waals surface area (Å²) < 4.78 is 0. The van der Waals surface area contributed by atoms with Gasteiger partial charge in [0.05, 0.1) is 10.7 Å². The van der Waals surface area contributed by atoms with Gasteiger partial charge in [-0.15, -0.1) is 11.3 Å². The molecule has 0 aromatic carbocycles. The van der Waals surface area contributed by atoms with Crippen LogP contribution in [-0.4, -0.2) is 28.5 Å². The van der Waals surface area contributed by atoms with E-state index in [1.165, 1.54) is 55.8 Å². The smallest absolute Gasteiger partial charge is 0.0928 e. The molecule has 20 heavy (non-hydrogen) atoms. The molecule has 0 saturated heterocycles. The molecule has 1 aromatic heterocycles. The summed E-state index contributed by atoms with van der Waals surface area (Å²) >= 11 is 1.82. The highest BCUT2D eigenvalue weighted by molar-refractivity contribution is 7.09. The fourth-order valence-electron chi connectivity index (χ4n) is 3.10. The van der Waals surface area contributed by atoms with Crippen molar-refractivity contribution in [2.45, 2.75) is 77.4 Å². The zero-order valence-corrected chi connectivity index (χ0v) is 13.8. The summed E-state index contributed by atoms with van der Waals surface area (Å²) in [5.41, 5.74) is 7.30. The van der Waals surface area contributed by atoms with Crippen molar-refractivity contribution in [2.75, 3.05) is 6.54 Å². The Hall–Kier alpha value is -0.450. The van der Waals surface area contributed by atoms with E-state index < -0.39 is 0 Å². The van der Waals surface area contributed by atoms with Gasteiger partial charge in [0.25, 0.3) is 0 Å². The Morgan fingerprint density at radius 1 is 1.25 bits per heavy atom. The van der Waals surface area contributed by atoms with Crippen molar-refractivity contribution < 1.29 is 0 Å². The summed E-state index contributed by atoms with van der Waals surface area (Å²) in [6.45, 7) is 6.69. The monoisotopic (exact) mass is 295 g/mol. The molecule has 114 valence electrons. The molecule has 1 aromatic rings. The molecule has 0 radical (unpaired) electrons. The van der Waals surface area contributed by atoms with Crippen LogP contribution in [0.3, 0.4) is 0 Å². The van der Waals surface area contributed by atoms with Crippen molar-refractivity contribution in [3.8, 4) is 0 Å². The maximum atomic E-state index is 6.03. The number of rotatable bonds is 7. The summed E-state index contributed by atoms with van der Waals surface area (Å²) in [6.07, 6.45) is 8.41. The molecule has 1 aliphatic carbocycles. The van der Waals surface area contributed by atoms with E-state index in [9.17, 15) is 0 Å². The number of aromatic nitrogens is 1. The van der Waals surface area contributed by atoms with Crippen LogP contribution in [0.25, 0.3) is 0 Å². The number of thiazole rings is 1. The number of hydrogen-bond donors (Lipinski definition) is 1. The molecule has 4 heteroatoms. The minimum absolute atomic E-state index is 0.435. The van der Waals surface area contributed by atoms with Gasteiger partial charge in [-0.1, -0.05) is 13.8 Å². The van der Waals surface area contributed by atoms with Crippen LogP contribution in [0.5, 0.6) is 0 Å². The Balaban J connectivity index is 1.93. The second-order valence-electron chi connectivity index (χ2n) is 6.02. The van der Waals surface area contributed by atoms with Gasteiger partial charge in [-0.3, -0.25) is 4.90 Å². The Morgan fingerprint density at radius 3 is 2.65 bits per heavy atom. The van der Waals surface area contributed by atoms with Gasteiger partial charge in [0, 0.05) is 24.0 Å². The summed E-state index contributed by atoms with van der Waals surface area (Å²) in [7, 11) is 0. The number of aryl methyl sites for hydroxylation is 1. The lowest BCUT2D eigenvalue weighted by Gasteiger charge is -2.35. The van der Waals surface area contributed by atoms with Crippen molar-refractivity contribution in [1.82, 2.24) is 9.88 Å². The summed E-state index contributed by atoms with van der Waals surface area (Å²) in [5, 5.41) is 3.55. The molecular weight excluding hydrogens is 266 g/mol. The SMILES string of the molecule is CCCc1nc(CN(CCC)C2CCC(N)CC2)cs1. The Morgan fingerprint density at radius 2 is 2.00 bits per heavy atom. The molecule has 0 unspecified atom stereocenters. The Bertz CT molecular complexity index is 383. The first-order valence-corrected chi connectivity index (χ1v) is 9.03. The van der Waals surface area contributed by atoms with E-state index in [1.54, 1.807) is 0 Å². The van der Waals surface area contributed by atoms with Gasteiger partial charge in [0.1, 0.15) is 0 Å². The van der Waals surface area contributed by atoms with Crippen LogP contribution >= 0.6 is 11.3 Å². The predicted octanol–water partition coefficient (Wildman–Crippen LogP) is 3.58. The van der Waals surface area contributed by atoms with Gasteiger partial charge in [-0.25, -0.2) is 4.98 Å². The molecule has 0 aliphatic heterocycles. The summed E-state index contributed by atoms with van der Waals surface area (Å²) in [5.74, 6) is 0. The molecule has 0 spiro atoms. The molecule has 1 saturated carbocycles. The lowest BCUT2D eigenvalue weighted by molar-refractivity contribution is 0.140. The van der Waals surface area contributed by atoms with E-state index in [4.69, 9.17) is 10.7 Å². The normalized spacial score (nSPS) is 23.4. The van der Waals surface area contributed by atoms with Gasteiger partial charge < -0.3 is 5.73 Å². The first-order valence-electron chi connectivity index (χ1n) is 8.15. The van der Waals surface area contributed by atoms with Gasteiger partial charge in [0.15, 0.2) is 0 Å². The van der Waals surface area contributed by atoms with Crippen molar-refractivity contribution in [3.05, 3.63) is 16.1 Å². The van der Waals surface area contributed by atoms with Crippen LogP contribution in [0.1, 0.15) is 63.1 Å². The minimum Gasteiger partial charge on any atom is -0.328 e. The molecule has 2 N–H and O–H groups in total. The highest BCUT2D eigenvalue weighted by atomic mass is 32.1. The number of nitrogens with zero attached hydrogens (tertiary/aromatic N) is 2. The van der Waals surface area contributed by atoms with Crippen molar-refractivity contribution in [3.63, 3.8) is 0 Å². The van der Waals surface area contributed by atoms with Gasteiger partial charge >= 0.3 is 0 Å². The van der Waals surface area contributed by atoms with Gasteiger partial charge in [-0.05, 0) is 51.5 Å². The maximum Gasteiger partial charge on any atom is 0.0928 e. The average molecular weight is 295 g/mol. The third-order valence-corrected chi connectivity index (χ3v) is 5.15. The molecule has 0 amide bonds. The molecule has 0 bridgehead atoms. The highest BCUT2D eigenvalue weighted by Crippen LogP contribution is 2.24. The lowest BCUT2D eigenvalue weighted by atomic mass is 9.90. The van der Waals surface area contributed by atoms with Crippen LogP contribution in [-0.2, 0) is 13.0 Å². The van der Waals surface area contributed by atoms with E-state index in [0.29, 0.717) is 12.1 Å². The number of nitrogens with two attached hydrogens (primary N) is 1. The van der Waals surface area contributed by atoms with Crippen LogP contribution in [0.15, 0.2) is 5.38 Å². The third kappa shape index (κ3) is 4.54. The molecule has 1 heterocycles. The molecule has 0 atom stereocenters. The topological polar surface area (TPSA) is 42.2 Å². The molecule has 1 fully saturated rings. The van der Waals surface area contributed by atoms with Crippen molar-refractivity contribution >= 4 is 11.3 Å². The molecule has 2 rings (SSSR count). The highest BCUT2D eigenvalue weighted by Gasteiger charge is 2.24. The Labute approximate surface area is 127 Å². The van der Waals surface area contributed by atoms with Crippen molar-refractivity contribution in [2.24, 2.45) is 5.73 Å². The molecule has 1 aliphatic rings. The summed E-state index contributed by atoms with van der Waals surface area (Å²) in [6, 6.07) is 1.15. The zero-order chi connectivity index (χ0) is 14.4. The maximum absolute atomic E-state index is 6.03. The predicted molar refractivity (Wildman–Crippen MR) is 87.0 cm³/mol. The van der Waals surface area contributed by atoms with E-state index in [1.807, 2.05) is 11.3 Å². The van der Waals surface area contributed by atoms with Crippen LogP contribution < -0.4 is 5.73 Å². The van der Waals surface area contributed by atoms with E-state index in [-0.39, 0.29) is 0 Å². The summed E-state index contributed by atoms with van der Waals surface area (Å²) in [4.78, 5) is 7.42. The zero-order valence-electron chi connectivity index (χ0n) is 13.0. The lowest BCUT2D eigenvalue weighted by Crippen LogP contribution is -2.40. The van der Waals surface area contributed by atoms with Crippen LogP contribution in [0.4, 0.5) is 0 Å². The van der Waals surface area contributed by atoms with Gasteiger partial charge in [-0.2, -0.15) is 0 Å². The van der Waals surface area contributed by atoms with E-state index in [2.05, 4.69) is 24.1 Å². The standard InChI is InChI=1S/C16H29N3S/c1-3-5-16-18-14(12-20-16)11-19(10-4-2)15-8-6-13(17)7-9-15/h12-13,15H,3-11,17H2,1-2H3. The van der Waals surface area contributed by atoms with Crippen molar-refractivity contribution in [1.29, 1.82) is 0 Å². The molecule has 3 nitrogen and oxygen atoms in total. The second-order valence-corrected chi connectivity index (χ2v) is 6.96. The molecular formula is C16H29N3S. The van der Waals surface area contributed by atoms with Gasteiger partial charge in [0.2, 0.25) is 0 Å². The fraction of sp³-hybridized carbons (Fsp3) is 0.812. The average Bonchev–Trinajstić information content (AvgIpc) is 2.87. The van der Waals surface area contributed by atoms with E-state index >= 15 is 0 Å². The largest absolute Gasteiger partial charge is 0.328 e. The van der Waals surface area contributed by atoms with Crippen LogP contribution in [0, 0.1) is 0 Å². The second kappa shape index (κ2) is 8.11. The number of hydrogen-bond acceptors (Lipinski definition) is 4. The van der Waals surface area contributed by atoms with E-state index in [0.717, 1.165) is 13.0 Å². The fourth-order valence-corrected chi connectivity index (χ4v) is 3.99. The van der Waals surface area contributed by atoms with Crippen LogP contribution in [0.2, 0.25) is 0 Å². The first-order chi connectivity index (χ1) is 9.72. The Kier molecular flexibility index (Phi) is 6.46. The third-order valence-electron chi connectivity index (χ3n) is 4.20. The quantitative estimate of drug-likeness (QED) is 0.836. The minimum atomic E-state index is 0.435. The first kappa shape index (κ1) is 15.9.